The fourth-order valence-electron chi connectivity index (χ4n) is 2.23. The van der Waals surface area contributed by atoms with Crippen LogP contribution in [0.2, 0.25) is 0 Å². The number of nitrogens with two attached hydrogens (primary N) is 1. The van der Waals surface area contributed by atoms with Gasteiger partial charge in [-0.1, -0.05) is 0 Å². The van der Waals surface area contributed by atoms with Crippen LogP contribution in [0.1, 0.15) is 27.6 Å². The summed E-state index contributed by atoms with van der Waals surface area (Å²) in [4.78, 5) is 35.5. The average molecular weight is 408 g/mol. The number of anilines is 1. The van der Waals surface area contributed by atoms with E-state index >= 15 is 0 Å². The van der Waals surface area contributed by atoms with Gasteiger partial charge in [0, 0.05) is 11.3 Å². The molecule has 154 valence electrons. The van der Waals surface area contributed by atoms with Crippen LogP contribution in [0.15, 0.2) is 42.5 Å². The van der Waals surface area contributed by atoms with Gasteiger partial charge in [-0.15, -0.1) is 0 Å². The Morgan fingerprint density at radius 2 is 1.62 bits per heavy atom. The summed E-state index contributed by atoms with van der Waals surface area (Å²) >= 11 is 0. The first-order chi connectivity index (χ1) is 13.7. The summed E-state index contributed by atoms with van der Waals surface area (Å²) in [6.07, 6.45) is -1.17. The lowest BCUT2D eigenvalue weighted by Gasteiger charge is -2.15. The van der Waals surface area contributed by atoms with E-state index in [1.165, 1.54) is 44.4 Å². The maximum absolute atomic E-state index is 12.4. The van der Waals surface area contributed by atoms with Crippen molar-refractivity contribution < 1.29 is 37.4 Å². The third-order valence-electron chi connectivity index (χ3n) is 3.71. The molecule has 0 saturated carbocycles. The van der Waals surface area contributed by atoms with Crippen molar-refractivity contribution in [2.45, 2.75) is 19.6 Å². The quantitative estimate of drug-likeness (QED) is 0.649. The van der Waals surface area contributed by atoms with Crippen LogP contribution < -0.4 is 20.5 Å². The first-order valence-corrected chi connectivity index (χ1v) is 8.25. The van der Waals surface area contributed by atoms with Gasteiger partial charge in [-0.2, -0.15) is 8.78 Å². The fourth-order valence-corrected chi connectivity index (χ4v) is 2.23. The fraction of sp³-hybridized carbons (Fsp3) is 0.211. The lowest BCUT2D eigenvalue weighted by molar-refractivity contribution is -0.123. The van der Waals surface area contributed by atoms with E-state index in [-0.39, 0.29) is 22.6 Å². The Kier molecular flexibility index (Phi) is 7.07. The highest BCUT2D eigenvalue weighted by molar-refractivity contribution is 5.98. The standard InChI is InChI=1S/C19H18F2N2O6/c1-10(17(25)23-13-6-3-11(4-7-13)16(22)24)28-18(26)12-5-8-14(29-19(20)21)15(9-12)27-2/h3-10,19H,1-2H3,(H2,22,24)(H,23,25). The lowest BCUT2D eigenvalue weighted by atomic mass is 10.2. The van der Waals surface area contributed by atoms with Gasteiger partial charge >= 0.3 is 12.6 Å². The molecule has 1 atom stereocenters. The Hall–Kier alpha value is -3.69. The van der Waals surface area contributed by atoms with Crippen molar-refractivity contribution in [3.8, 4) is 11.5 Å². The highest BCUT2D eigenvalue weighted by Gasteiger charge is 2.21. The van der Waals surface area contributed by atoms with Crippen LogP contribution in [0.25, 0.3) is 0 Å². The third-order valence-corrected chi connectivity index (χ3v) is 3.71. The Bertz CT molecular complexity index is 902. The molecule has 8 nitrogen and oxygen atoms in total. The molecule has 29 heavy (non-hydrogen) atoms. The summed E-state index contributed by atoms with van der Waals surface area (Å²) < 4.78 is 39.0. The summed E-state index contributed by atoms with van der Waals surface area (Å²) in [5.41, 5.74) is 5.77. The zero-order valence-corrected chi connectivity index (χ0v) is 15.5. The largest absolute Gasteiger partial charge is 0.493 e. The second kappa shape index (κ2) is 9.49. The second-order valence-corrected chi connectivity index (χ2v) is 5.72. The SMILES string of the molecule is COc1cc(C(=O)OC(C)C(=O)Nc2ccc(C(N)=O)cc2)ccc1OC(F)F. The molecule has 0 bridgehead atoms. The van der Waals surface area contributed by atoms with Crippen LogP contribution in [0.3, 0.4) is 0 Å². The molecular weight excluding hydrogens is 390 g/mol. The summed E-state index contributed by atoms with van der Waals surface area (Å²) in [5.74, 6) is -2.42. The Morgan fingerprint density at radius 1 is 1.00 bits per heavy atom. The van der Waals surface area contributed by atoms with Crippen LogP contribution in [-0.2, 0) is 9.53 Å². The molecular formula is C19H18F2N2O6. The summed E-state index contributed by atoms with van der Waals surface area (Å²) in [6, 6.07) is 9.31. The number of halogens is 2. The van der Waals surface area contributed by atoms with E-state index in [2.05, 4.69) is 10.1 Å². The number of methoxy groups -OCH3 is 1. The highest BCUT2D eigenvalue weighted by Crippen LogP contribution is 2.29. The van der Waals surface area contributed by atoms with Crippen LogP contribution in [0.5, 0.6) is 11.5 Å². The van der Waals surface area contributed by atoms with E-state index in [1.54, 1.807) is 0 Å². The van der Waals surface area contributed by atoms with E-state index in [0.717, 1.165) is 12.1 Å². The van der Waals surface area contributed by atoms with Gasteiger partial charge in [0.05, 0.1) is 12.7 Å². The molecule has 1 unspecified atom stereocenters. The van der Waals surface area contributed by atoms with Crippen molar-refractivity contribution in [3.63, 3.8) is 0 Å². The number of primary amides is 1. The molecule has 0 fully saturated rings. The minimum Gasteiger partial charge on any atom is -0.493 e. The molecule has 10 heteroatoms. The van der Waals surface area contributed by atoms with E-state index in [0.29, 0.717) is 5.69 Å². The summed E-state index contributed by atoms with van der Waals surface area (Å²) in [5, 5.41) is 2.52. The molecule has 0 heterocycles. The van der Waals surface area contributed by atoms with Crippen molar-refractivity contribution in [3.05, 3.63) is 53.6 Å². The van der Waals surface area contributed by atoms with Crippen molar-refractivity contribution in [2.75, 3.05) is 12.4 Å². The molecule has 3 N–H and O–H groups in total. The van der Waals surface area contributed by atoms with E-state index in [4.69, 9.17) is 15.2 Å². The molecule has 2 aromatic carbocycles. The van der Waals surface area contributed by atoms with Crippen LogP contribution in [0, 0.1) is 0 Å². The molecule has 0 saturated heterocycles. The number of amides is 2. The minimum absolute atomic E-state index is 0.0195. The number of alkyl halides is 2. The number of nitrogens with one attached hydrogen (secondary N) is 1. The van der Waals surface area contributed by atoms with Crippen LogP contribution in [0.4, 0.5) is 14.5 Å². The highest BCUT2D eigenvalue weighted by atomic mass is 19.3. The third kappa shape index (κ3) is 5.89. The smallest absolute Gasteiger partial charge is 0.387 e. The molecule has 2 aromatic rings. The van der Waals surface area contributed by atoms with Crippen LogP contribution >= 0.6 is 0 Å². The number of carbonyl (C=O) groups is 3. The zero-order valence-electron chi connectivity index (χ0n) is 15.5. The number of rotatable bonds is 8. The molecule has 2 amide bonds. The first kappa shape index (κ1) is 21.6. The molecule has 0 spiro atoms. The molecule has 0 aliphatic rings. The summed E-state index contributed by atoms with van der Waals surface area (Å²) in [6.45, 7) is -1.70. The van der Waals surface area contributed by atoms with Gasteiger partial charge in [0.15, 0.2) is 17.6 Å². The van der Waals surface area contributed by atoms with Crippen molar-refractivity contribution in [1.82, 2.24) is 0 Å². The number of esters is 1. The number of hydrogen-bond acceptors (Lipinski definition) is 6. The van der Waals surface area contributed by atoms with Gasteiger partial charge in [0.25, 0.3) is 5.91 Å². The molecule has 0 aromatic heterocycles. The van der Waals surface area contributed by atoms with Gasteiger partial charge in [0.2, 0.25) is 5.91 Å². The predicted molar refractivity (Wildman–Crippen MR) is 98.1 cm³/mol. The Balaban J connectivity index is 2.02. The zero-order chi connectivity index (χ0) is 21.6. The normalized spacial score (nSPS) is 11.5. The van der Waals surface area contributed by atoms with Gasteiger partial charge in [-0.05, 0) is 49.4 Å². The Morgan fingerprint density at radius 3 is 2.17 bits per heavy atom. The minimum atomic E-state index is -3.05. The van der Waals surface area contributed by atoms with Crippen LogP contribution in [-0.4, -0.2) is 37.6 Å². The number of carbonyl (C=O) groups excluding carboxylic acids is 3. The van der Waals surface area contributed by atoms with Crippen molar-refractivity contribution in [1.29, 1.82) is 0 Å². The summed E-state index contributed by atoms with van der Waals surface area (Å²) in [7, 11) is 1.22. The molecule has 2 rings (SSSR count). The Labute approximate surface area is 164 Å². The first-order valence-electron chi connectivity index (χ1n) is 8.25. The van der Waals surface area contributed by atoms with Crippen molar-refractivity contribution >= 4 is 23.5 Å². The number of ether oxygens (including phenoxy) is 3. The average Bonchev–Trinajstić information content (AvgIpc) is 2.68. The van der Waals surface area contributed by atoms with E-state index < -0.39 is 30.5 Å². The van der Waals surface area contributed by atoms with E-state index in [9.17, 15) is 23.2 Å². The maximum Gasteiger partial charge on any atom is 0.387 e. The maximum atomic E-state index is 12.4. The van der Waals surface area contributed by atoms with Crippen molar-refractivity contribution in [2.24, 2.45) is 5.73 Å². The lowest BCUT2D eigenvalue weighted by Crippen LogP contribution is -2.30. The number of benzene rings is 2. The second-order valence-electron chi connectivity index (χ2n) is 5.72. The van der Waals surface area contributed by atoms with Gasteiger partial charge in [-0.3, -0.25) is 9.59 Å². The molecule has 0 aliphatic heterocycles. The van der Waals surface area contributed by atoms with E-state index in [1.807, 2.05) is 0 Å². The number of hydrogen-bond donors (Lipinski definition) is 2. The van der Waals surface area contributed by atoms with Gasteiger partial charge < -0.3 is 25.3 Å². The molecule has 0 aliphatic carbocycles. The van der Waals surface area contributed by atoms with Gasteiger partial charge in [0.1, 0.15) is 0 Å². The monoisotopic (exact) mass is 408 g/mol. The topological polar surface area (TPSA) is 117 Å². The predicted octanol–water partition coefficient (Wildman–Crippen LogP) is 2.58. The molecule has 0 radical (unpaired) electrons. The van der Waals surface area contributed by atoms with Gasteiger partial charge in [-0.25, -0.2) is 4.79 Å².